The van der Waals surface area contributed by atoms with Crippen LogP contribution in [0.4, 0.5) is 0 Å². The van der Waals surface area contributed by atoms with E-state index in [0.717, 1.165) is 38.5 Å². The molecule has 9 nitrogen and oxygen atoms in total. The van der Waals surface area contributed by atoms with Gasteiger partial charge in [-0.05, 0) is 33.1 Å². The van der Waals surface area contributed by atoms with Crippen molar-refractivity contribution in [3.63, 3.8) is 0 Å². The zero-order valence-electron chi connectivity index (χ0n) is 27.1. The first-order chi connectivity index (χ1) is 19.5. The molecule has 0 heterocycles. The van der Waals surface area contributed by atoms with E-state index in [9.17, 15) is 14.4 Å². The minimum absolute atomic E-state index is 0.00667. The first-order valence-corrected chi connectivity index (χ1v) is 16.0. The monoisotopic (exact) mass is 594 g/mol. The number of hydrogen-bond donors (Lipinski definition) is 5. The SMILES string of the molecule is CC(O)COC(C)CO.CCCCCCCC(=O)O.CCCCCCCC(=O)O.CCCCCCCCCC(=O)O. The van der Waals surface area contributed by atoms with E-state index < -0.39 is 24.0 Å². The van der Waals surface area contributed by atoms with Crippen LogP contribution in [0.1, 0.15) is 163 Å². The largest absolute Gasteiger partial charge is 0.481 e. The van der Waals surface area contributed by atoms with Crippen molar-refractivity contribution in [3.05, 3.63) is 0 Å². The van der Waals surface area contributed by atoms with Crippen LogP contribution in [0.3, 0.4) is 0 Å². The number of aliphatic hydroxyl groups excluding tert-OH is 2. The Morgan fingerprint density at radius 3 is 1.02 bits per heavy atom. The molecule has 9 heteroatoms. The van der Waals surface area contributed by atoms with Crippen LogP contribution in [-0.2, 0) is 19.1 Å². The molecule has 2 atom stereocenters. The summed E-state index contributed by atoms with van der Waals surface area (Å²) in [6, 6.07) is 0. The predicted molar refractivity (Wildman–Crippen MR) is 166 cm³/mol. The Bertz CT molecular complexity index is 515. The van der Waals surface area contributed by atoms with Crippen LogP contribution in [0.2, 0.25) is 0 Å². The molecule has 0 aliphatic rings. The molecule has 0 saturated heterocycles. The molecule has 0 radical (unpaired) electrons. The van der Waals surface area contributed by atoms with Crippen molar-refractivity contribution in [1.29, 1.82) is 0 Å². The van der Waals surface area contributed by atoms with E-state index in [2.05, 4.69) is 20.8 Å². The number of aliphatic hydroxyl groups is 2. The Balaban J connectivity index is -0.000000224. The summed E-state index contributed by atoms with van der Waals surface area (Å²) in [7, 11) is 0. The molecule has 0 spiro atoms. The van der Waals surface area contributed by atoms with E-state index in [1.165, 1.54) is 70.6 Å². The van der Waals surface area contributed by atoms with Crippen molar-refractivity contribution in [3.8, 4) is 0 Å². The third-order valence-corrected chi connectivity index (χ3v) is 5.86. The van der Waals surface area contributed by atoms with Crippen LogP contribution in [0.25, 0.3) is 0 Å². The van der Waals surface area contributed by atoms with Crippen LogP contribution in [0, 0.1) is 0 Å². The third-order valence-electron chi connectivity index (χ3n) is 5.86. The van der Waals surface area contributed by atoms with Crippen molar-refractivity contribution in [1.82, 2.24) is 0 Å². The van der Waals surface area contributed by atoms with Crippen molar-refractivity contribution >= 4 is 17.9 Å². The van der Waals surface area contributed by atoms with Gasteiger partial charge in [-0.2, -0.15) is 0 Å². The number of unbranched alkanes of at least 4 members (excludes halogenated alkanes) is 14. The quantitative estimate of drug-likeness (QED) is 0.0701. The first-order valence-electron chi connectivity index (χ1n) is 16.0. The van der Waals surface area contributed by atoms with Gasteiger partial charge in [0.25, 0.3) is 0 Å². The Morgan fingerprint density at radius 1 is 0.537 bits per heavy atom. The number of carboxylic acid groups (broad SMARTS) is 3. The van der Waals surface area contributed by atoms with Gasteiger partial charge in [-0.1, -0.05) is 111 Å². The Labute approximate surface area is 251 Å². The standard InChI is InChI=1S/C10H20O2.2C8H16O2.C6H14O3/c1-2-3-4-5-6-7-8-9-10(11)12;2*1-2-3-4-5-6-7-8(9)10;1-5(8)4-9-6(2)3-7/h2-9H2,1H3,(H,11,12);2*2-7H2,1H3,(H,9,10);5-8H,3-4H2,1-2H3. The van der Waals surface area contributed by atoms with Crippen LogP contribution >= 0.6 is 0 Å². The van der Waals surface area contributed by atoms with Gasteiger partial charge in [-0.15, -0.1) is 0 Å². The van der Waals surface area contributed by atoms with E-state index >= 15 is 0 Å². The molecule has 0 saturated carbocycles. The van der Waals surface area contributed by atoms with Crippen molar-refractivity contribution in [2.75, 3.05) is 13.2 Å². The van der Waals surface area contributed by atoms with E-state index in [1.54, 1.807) is 13.8 Å². The highest BCUT2D eigenvalue weighted by atomic mass is 16.5. The first kappa shape index (κ1) is 46.3. The van der Waals surface area contributed by atoms with Crippen molar-refractivity contribution < 1.29 is 44.7 Å². The summed E-state index contributed by atoms with van der Waals surface area (Å²) >= 11 is 0. The second-order valence-corrected chi connectivity index (χ2v) is 10.6. The summed E-state index contributed by atoms with van der Waals surface area (Å²) < 4.78 is 4.95. The molecule has 0 aliphatic carbocycles. The van der Waals surface area contributed by atoms with Gasteiger partial charge in [0.1, 0.15) is 0 Å². The third kappa shape index (κ3) is 63.0. The van der Waals surface area contributed by atoms with Gasteiger partial charge in [-0.3, -0.25) is 14.4 Å². The van der Waals surface area contributed by atoms with Gasteiger partial charge in [0.05, 0.1) is 25.4 Å². The average Bonchev–Trinajstić information content (AvgIpc) is 2.91. The topological polar surface area (TPSA) is 162 Å². The van der Waals surface area contributed by atoms with Gasteiger partial charge in [0, 0.05) is 19.3 Å². The van der Waals surface area contributed by atoms with Crippen LogP contribution in [0.15, 0.2) is 0 Å². The van der Waals surface area contributed by atoms with E-state index in [-0.39, 0.29) is 12.7 Å². The molecule has 41 heavy (non-hydrogen) atoms. The van der Waals surface area contributed by atoms with E-state index in [4.69, 9.17) is 30.3 Å². The van der Waals surface area contributed by atoms with Gasteiger partial charge < -0.3 is 30.3 Å². The van der Waals surface area contributed by atoms with Crippen LogP contribution < -0.4 is 0 Å². The maximum Gasteiger partial charge on any atom is 0.303 e. The van der Waals surface area contributed by atoms with Crippen molar-refractivity contribution in [2.45, 2.75) is 175 Å². The molecular weight excluding hydrogens is 528 g/mol. The molecule has 0 fully saturated rings. The second-order valence-electron chi connectivity index (χ2n) is 10.6. The van der Waals surface area contributed by atoms with Crippen molar-refractivity contribution in [2.24, 2.45) is 0 Å². The lowest BCUT2D eigenvalue weighted by Gasteiger charge is -2.10. The summed E-state index contributed by atoms with van der Waals surface area (Å²) in [5.74, 6) is -2.00. The molecule has 0 rings (SSSR count). The number of aliphatic carboxylic acids is 3. The number of carboxylic acids is 3. The molecule has 0 amide bonds. The van der Waals surface area contributed by atoms with Gasteiger partial charge in [0.15, 0.2) is 0 Å². The molecule has 0 aromatic carbocycles. The Hall–Kier alpha value is -1.71. The zero-order valence-corrected chi connectivity index (χ0v) is 27.1. The van der Waals surface area contributed by atoms with Crippen LogP contribution in [0.5, 0.6) is 0 Å². The smallest absolute Gasteiger partial charge is 0.303 e. The van der Waals surface area contributed by atoms with Gasteiger partial charge >= 0.3 is 17.9 Å². The van der Waals surface area contributed by atoms with E-state index in [1.807, 2.05) is 0 Å². The zero-order chi connectivity index (χ0) is 32.2. The summed E-state index contributed by atoms with van der Waals surface area (Å²) in [5.41, 5.74) is 0. The Kier molecular flexibility index (Phi) is 45.6. The number of carbonyl (C=O) groups is 3. The summed E-state index contributed by atoms with van der Waals surface area (Å²) in [6.07, 6.45) is 19.8. The normalized spacial score (nSPS) is 11.5. The number of ether oxygens (including phenoxy) is 1. The fraction of sp³-hybridized carbons (Fsp3) is 0.906. The molecule has 0 aromatic heterocycles. The summed E-state index contributed by atoms with van der Waals surface area (Å²) in [6.45, 7) is 10.2. The number of hydrogen-bond acceptors (Lipinski definition) is 6. The highest BCUT2D eigenvalue weighted by molar-refractivity contribution is 5.67. The molecular formula is C32H66O9. The molecule has 2 unspecified atom stereocenters. The van der Waals surface area contributed by atoms with Gasteiger partial charge in [0.2, 0.25) is 0 Å². The molecule has 0 aliphatic heterocycles. The number of rotatable bonds is 24. The minimum atomic E-state index is -0.670. The fourth-order valence-electron chi connectivity index (χ4n) is 3.35. The molecule has 5 N–H and O–H groups in total. The molecule has 248 valence electrons. The van der Waals surface area contributed by atoms with E-state index in [0.29, 0.717) is 25.9 Å². The fourth-order valence-corrected chi connectivity index (χ4v) is 3.35. The Morgan fingerprint density at radius 2 is 0.805 bits per heavy atom. The maximum absolute atomic E-state index is 10.1. The lowest BCUT2D eigenvalue weighted by Crippen LogP contribution is -2.19. The maximum atomic E-state index is 10.1. The second kappa shape index (κ2) is 40.4. The summed E-state index contributed by atoms with van der Waals surface area (Å²) in [5, 5.41) is 42.0. The lowest BCUT2D eigenvalue weighted by atomic mass is 10.1. The predicted octanol–water partition coefficient (Wildman–Crippen LogP) is 7.84. The highest BCUT2D eigenvalue weighted by Crippen LogP contribution is 2.08. The highest BCUT2D eigenvalue weighted by Gasteiger charge is 2.01. The van der Waals surface area contributed by atoms with Crippen LogP contribution in [-0.4, -0.2) is 68.9 Å². The summed E-state index contributed by atoms with van der Waals surface area (Å²) in [4.78, 5) is 30.2. The molecule has 0 aromatic rings. The minimum Gasteiger partial charge on any atom is -0.481 e. The lowest BCUT2D eigenvalue weighted by molar-refractivity contribution is -0.138. The average molecular weight is 595 g/mol. The molecule has 0 bridgehead atoms. The van der Waals surface area contributed by atoms with Gasteiger partial charge in [-0.25, -0.2) is 0 Å².